The fourth-order valence-electron chi connectivity index (χ4n) is 3.98. The second kappa shape index (κ2) is 4.22. The molecule has 3 nitrogen and oxygen atoms in total. The summed E-state index contributed by atoms with van der Waals surface area (Å²) >= 11 is 0. The van der Waals surface area contributed by atoms with E-state index >= 15 is 0 Å². The summed E-state index contributed by atoms with van der Waals surface area (Å²) in [6.45, 7) is 6.71. The summed E-state index contributed by atoms with van der Waals surface area (Å²) in [7, 11) is 0. The Morgan fingerprint density at radius 3 is 2.56 bits per heavy atom. The molecule has 1 N–H and O–H groups in total. The van der Waals surface area contributed by atoms with Crippen molar-refractivity contribution in [2.75, 3.05) is 0 Å². The van der Waals surface area contributed by atoms with Crippen LogP contribution in [0.15, 0.2) is 0 Å². The minimum absolute atomic E-state index is 0.185. The van der Waals surface area contributed by atoms with Gasteiger partial charge in [-0.05, 0) is 31.1 Å². The van der Waals surface area contributed by atoms with Crippen molar-refractivity contribution in [3.8, 4) is 0 Å². The van der Waals surface area contributed by atoms with E-state index in [1.807, 2.05) is 0 Å². The van der Waals surface area contributed by atoms with E-state index in [4.69, 9.17) is 0 Å². The van der Waals surface area contributed by atoms with Crippen LogP contribution in [0.1, 0.15) is 59.3 Å². The van der Waals surface area contributed by atoms with Crippen molar-refractivity contribution < 1.29 is 4.79 Å². The van der Waals surface area contributed by atoms with E-state index in [0.29, 0.717) is 17.9 Å². The lowest BCUT2D eigenvalue weighted by atomic mass is 9.98. The molecule has 102 valence electrons. The molecule has 3 fully saturated rings. The molecule has 2 aliphatic carbocycles. The molecule has 1 aliphatic heterocycles. The Morgan fingerprint density at radius 1 is 1.39 bits per heavy atom. The summed E-state index contributed by atoms with van der Waals surface area (Å²) in [4.78, 5) is 15.1. The van der Waals surface area contributed by atoms with Gasteiger partial charge in [0, 0.05) is 6.04 Å². The highest BCUT2D eigenvalue weighted by molar-refractivity contribution is 5.89. The maximum atomic E-state index is 12.9. The molecule has 0 aromatic rings. The Bertz CT molecular complexity index is 346. The molecule has 2 saturated carbocycles. The summed E-state index contributed by atoms with van der Waals surface area (Å²) in [6, 6.07) is 0.530. The molecule has 3 heteroatoms. The van der Waals surface area contributed by atoms with Gasteiger partial charge in [0.25, 0.3) is 0 Å². The van der Waals surface area contributed by atoms with Gasteiger partial charge in [0.1, 0.15) is 0 Å². The number of carbonyl (C=O) groups is 1. The molecule has 18 heavy (non-hydrogen) atoms. The van der Waals surface area contributed by atoms with Gasteiger partial charge in [-0.2, -0.15) is 0 Å². The highest BCUT2D eigenvalue weighted by Crippen LogP contribution is 2.46. The van der Waals surface area contributed by atoms with Crippen LogP contribution < -0.4 is 5.32 Å². The van der Waals surface area contributed by atoms with Crippen molar-refractivity contribution in [2.45, 2.75) is 77.0 Å². The molecule has 1 amide bonds. The largest absolute Gasteiger partial charge is 0.322 e. The standard InChI is InChI=1S/C15H26N2O/c1-4-11-9-12(11)17-13(10(2)3)16-15(14(17)18)7-5-6-8-15/h10-13,16H,4-9H2,1-3H3. The quantitative estimate of drug-likeness (QED) is 0.834. The van der Waals surface area contributed by atoms with E-state index in [-0.39, 0.29) is 11.7 Å². The van der Waals surface area contributed by atoms with E-state index in [9.17, 15) is 4.79 Å². The van der Waals surface area contributed by atoms with Gasteiger partial charge in [0.15, 0.2) is 0 Å². The minimum Gasteiger partial charge on any atom is -0.322 e. The maximum absolute atomic E-state index is 12.9. The number of carbonyl (C=O) groups excluding carboxylic acids is 1. The Balaban J connectivity index is 1.83. The van der Waals surface area contributed by atoms with Crippen LogP contribution >= 0.6 is 0 Å². The number of rotatable bonds is 3. The van der Waals surface area contributed by atoms with E-state index in [0.717, 1.165) is 18.8 Å². The monoisotopic (exact) mass is 250 g/mol. The Kier molecular flexibility index (Phi) is 2.92. The van der Waals surface area contributed by atoms with Gasteiger partial charge < -0.3 is 4.90 Å². The summed E-state index contributed by atoms with van der Waals surface area (Å²) in [5.41, 5.74) is -0.185. The number of nitrogens with zero attached hydrogens (tertiary/aromatic N) is 1. The van der Waals surface area contributed by atoms with Gasteiger partial charge in [-0.25, -0.2) is 0 Å². The average molecular weight is 250 g/mol. The Labute approximate surface area is 110 Å². The highest BCUT2D eigenvalue weighted by Gasteiger charge is 2.58. The second-order valence-electron chi connectivity index (χ2n) is 6.81. The molecule has 3 aliphatic rings. The molecule has 3 atom stereocenters. The first-order valence-corrected chi connectivity index (χ1v) is 7.69. The summed E-state index contributed by atoms with van der Waals surface area (Å²) < 4.78 is 0. The first-order valence-electron chi connectivity index (χ1n) is 7.69. The first kappa shape index (κ1) is 12.5. The maximum Gasteiger partial charge on any atom is 0.244 e. The third kappa shape index (κ3) is 1.70. The normalized spacial score (nSPS) is 38.1. The number of nitrogens with one attached hydrogen (secondary N) is 1. The van der Waals surface area contributed by atoms with Crippen molar-refractivity contribution in [3.63, 3.8) is 0 Å². The minimum atomic E-state index is -0.185. The van der Waals surface area contributed by atoms with Crippen molar-refractivity contribution >= 4 is 5.91 Å². The van der Waals surface area contributed by atoms with Crippen LogP contribution in [0.25, 0.3) is 0 Å². The van der Waals surface area contributed by atoms with Crippen LogP contribution in [-0.2, 0) is 4.79 Å². The molecule has 1 spiro atoms. The lowest BCUT2D eigenvalue weighted by molar-refractivity contribution is -0.134. The smallest absolute Gasteiger partial charge is 0.244 e. The fourth-order valence-corrected chi connectivity index (χ4v) is 3.98. The highest BCUT2D eigenvalue weighted by atomic mass is 16.2. The van der Waals surface area contributed by atoms with Crippen LogP contribution in [0.5, 0.6) is 0 Å². The molecule has 0 bridgehead atoms. The van der Waals surface area contributed by atoms with Crippen LogP contribution in [0.3, 0.4) is 0 Å². The molecule has 0 radical (unpaired) electrons. The molecule has 0 aromatic heterocycles. The van der Waals surface area contributed by atoms with Gasteiger partial charge in [-0.15, -0.1) is 0 Å². The Hall–Kier alpha value is -0.570. The second-order valence-corrected chi connectivity index (χ2v) is 6.81. The Morgan fingerprint density at radius 2 is 2.06 bits per heavy atom. The SMILES string of the molecule is CCC1CC1N1C(=O)C2(CCCC2)NC1C(C)C. The van der Waals surface area contributed by atoms with E-state index in [2.05, 4.69) is 31.0 Å². The van der Waals surface area contributed by atoms with Crippen molar-refractivity contribution in [1.29, 1.82) is 0 Å². The molecule has 1 saturated heterocycles. The van der Waals surface area contributed by atoms with Crippen LogP contribution in [-0.4, -0.2) is 28.6 Å². The molecular formula is C15H26N2O. The average Bonchev–Trinajstić information content (AvgIpc) is 2.86. The van der Waals surface area contributed by atoms with Gasteiger partial charge in [0.2, 0.25) is 5.91 Å². The summed E-state index contributed by atoms with van der Waals surface area (Å²) in [6.07, 6.45) is 7.23. The molecule has 1 heterocycles. The molecular weight excluding hydrogens is 224 g/mol. The van der Waals surface area contributed by atoms with Crippen LogP contribution in [0.2, 0.25) is 0 Å². The van der Waals surface area contributed by atoms with Crippen molar-refractivity contribution in [2.24, 2.45) is 11.8 Å². The number of amides is 1. The third-order valence-electron chi connectivity index (χ3n) is 5.22. The van der Waals surface area contributed by atoms with Crippen molar-refractivity contribution in [3.05, 3.63) is 0 Å². The zero-order valence-electron chi connectivity index (χ0n) is 11.9. The predicted octanol–water partition coefficient (Wildman–Crippen LogP) is 2.51. The predicted molar refractivity (Wildman–Crippen MR) is 72.0 cm³/mol. The van der Waals surface area contributed by atoms with E-state index in [1.54, 1.807) is 0 Å². The lowest BCUT2D eigenvalue weighted by Crippen LogP contribution is -2.45. The molecule has 3 unspecified atom stereocenters. The van der Waals surface area contributed by atoms with Gasteiger partial charge in [-0.3, -0.25) is 10.1 Å². The number of hydrogen-bond acceptors (Lipinski definition) is 2. The summed E-state index contributed by atoms with van der Waals surface area (Å²) in [5.74, 6) is 1.68. The number of hydrogen-bond donors (Lipinski definition) is 1. The van der Waals surface area contributed by atoms with E-state index in [1.165, 1.54) is 25.7 Å². The van der Waals surface area contributed by atoms with Gasteiger partial charge in [-0.1, -0.05) is 40.0 Å². The topological polar surface area (TPSA) is 32.3 Å². The van der Waals surface area contributed by atoms with E-state index < -0.39 is 0 Å². The fraction of sp³-hybridized carbons (Fsp3) is 0.933. The van der Waals surface area contributed by atoms with Gasteiger partial charge >= 0.3 is 0 Å². The zero-order chi connectivity index (χ0) is 12.9. The molecule has 3 rings (SSSR count). The zero-order valence-corrected chi connectivity index (χ0v) is 11.9. The van der Waals surface area contributed by atoms with Crippen LogP contribution in [0.4, 0.5) is 0 Å². The third-order valence-corrected chi connectivity index (χ3v) is 5.22. The van der Waals surface area contributed by atoms with Crippen molar-refractivity contribution in [1.82, 2.24) is 10.2 Å². The lowest BCUT2D eigenvalue weighted by Gasteiger charge is -2.27. The molecule has 0 aromatic carbocycles. The van der Waals surface area contributed by atoms with Crippen LogP contribution in [0, 0.1) is 11.8 Å². The van der Waals surface area contributed by atoms with Gasteiger partial charge in [0.05, 0.1) is 11.7 Å². The first-order chi connectivity index (χ1) is 8.59. The summed E-state index contributed by atoms with van der Waals surface area (Å²) in [5, 5.41) is 3.71.